The molecule has 0 amide bonds. The van der Waals surface area contributed by atoms with Gasteiger partial charge in [-0.2, -0.15) is 0 Å². The first kappa shape index (κ1) is 22.6. The van der Waals surface area contributed by atoms with Crippen LogP contribution in [-0.4, -0.2) is 19.3 Å². The van der Waals surface area contributed by atoms with Crippen molar-refractivity contribution in [2.75, 3.05) is 23.7 Å². The van der Waals surface area contributed by atoms with Crippen LogP contribution in [0.15, 0.2) is 72.8 Å². The summed E-state index contributed by atoms with van der Waals surface area (Å²) in [5.74, 6) is 0. The van der Waals surface area contributed by atoms with E-state index in [-0.39, 0.29) is 0 Å². The van der Waals surface area contributed by atoms with Gasteiger partial charge in [0.05, 0.1) is 0 Å². The number of allylic oxidation sites excluding steroid dienone is 2. The van der Waals surface area contributed by atoms with Gasteiger partial charge in [-0.3, -0.25) is 0 Å². The van der Waals surface area contributed by atoms with Crippen LogP contribution in [0.25, 0.3) is 17.2 Å². The van der Waals surface area contributed by atoms with E-state index in [1.165, 1.54) is 52.6 Å². The molecule has 3 aromatic carbocycles. The van der Waals surface area contributed by atoms with E-state index in [4.69, 9.17) is 11.1 Å². The summed E-state index contributed by atoms with van der Waals surface area (Å²) in [6.45, 7) is 6.53. The van der Waals surface area contributed by atoms with Crippen LogP contribution in [0.1, 0.15) is 60.9 Å². The SMILES string of the molecule is C/C=C/c1ccc(/C(=C(/CC)c2cccc(N3CCCC3)c2)c2ccc(N)c(C=N)c2)cc1. The number of nitrogen functional groups attached to an aromatic ring is 1. The average molecular weight is 436 g/mol. The number of nitrogens with one attached hydrogen (secondary N) is 1. The van der Waals surface area contributed by atoms with Crippen LogP contribution in [0.4, 0.5) is 11.4 Å². The van der Waals surface area contributed by atoms with Crippen molar-refractivity contribution in [3.05, 3.63) is 101 Å². The Morgan fingerprint density at radius 1 is 0.939 bits per heavy atom. The van der Waals surface area contributed by atoms with Gasteiger partial charge in [0, 0.05) is 36.2 Å². The second kappa shape index (κ2) is 10.4. The molecule has 3 aromatic rings. The molecular weight excluding hydrogens is 402 g/mol. The fraction of sp³-hybridized carbons (Fsp3) is 0.233. The van der Waals surface area contributed by atoms with Gasteiger partial charge in [0.15, 0.2) is 0 Å². The minimum Gasteiger partial charge on any atom is -0.398 e. The lowest BCUT2D eigenvalue weighted by atomic mass is 9.87. The van der Waals surface area contributed by atoms with Gasteiger partial charge in [-0.15, -0.1) is 0 Å². The summed E-state index contributed by atoms with van der Waals surface area (Å²) in [6, 6.07) is 23.7. The van der Waals surface area contributed by atoms with Gasteiger partial charge in [0.25, 0.3) is 0 Å². The normalized spacial score (nSPS) is 14.5. The van der Waals surface area contributed by atoms with E-state index in [2.05, 4.69) is 78.6 Å². The van der Waals surface area contributed by atoms with Crippen molar-refractivity contribution in [2.45, 2.75) is 33.1 Å². The van der Waals surface area contributed by atoms with Crippen molar-refractivity contribution in [1.29, 1.82) is 5.41 Å². The third kappa shape index (κ3) is 4.93. The molecule has 0 atom stereocenters. The second-order valence-electron chi connectivity index (χ2n) is 8.56. The van der Waals surface area contributed by atoms with E-state index in [1.54, 1.807) is 0 Å². The first-order valence-electron chi connectivity index (χ1n) is 11.9. The van der Waals surface area contributed by atoms with E-state index in [0.717, 1.165) is 30.6 Å². The van der Waals surface area contributed by atoms with Crippen LogP contribution in [0.3, 0.4) is 0 Å². The largest absolute Gasteiger partial charge is 0.398 e. The molecule has 0 saturated carbocycles. The summed E-state index contributed by atoms with van der Waals surface area (Å²) >= 11 is 0. The van der Waals surface area contributed by atoms with E-state index in [1.807, 2.05) is 19.1 Å². The molecule has 1 heterocycles. The van der Waals surface area contributed by atoms with Crippen LogP contribution in [0.5, 0.6) is 0 Å². The summed E-state index contributed by atoms with van der Waals surface area (Å²) in [5.41, 5.74) is 16.0. The molecule has 0 bridgehead atoms. The Kier molecular flexibility index (Phi) is 7.09. The van der Waals surface area contributed by atoms with E-state index in [0.29, 0.717) is 5.69 Å². The molecule has 4 rings (SSSR count). The Morgan fingerprint density at radius 2 is 1.67 bits per heavy atom. The lowest BCUT2D eigenvalue weighted by Gasteiger charge is -2.21. The van der Waals surface area contributed by atoms with Gasteiger partial charge in [-0.25, -0.2) is 0 Å². The highest BCUT2D eigenvalue weighted by molar-refractivity contribution is 6.00. The Morgan fingerprint density at radius 3 is 2.33 bits per heavy atom. The lowest BCUT2D eigenvalue weighted by Crippen LogP contribution is -2.17. The highest BCUT2D eigenvalue weighted by atomic mass is 15.1. The van der Waals surface area contributed by atoms with E-state index >= 15 is 0 Å². The van der Waals surface area contributed by atoms with Gasteiger partial charge in [0.1, 0.15) is 0 Å². The zero-order valence-electron chi connectivity index (χ0n) is 19.6. The summed E-state index contributed by atoms with van der Waals surface area (Å²) in [4.78, 5) is 2.48. The van der Waals surface area contributed by atoms with E-state index < -0.39 is 0 Å². The molecule has 3 heteroatoms. The smallest absolute Gasteiger partial charge is 0.0403 e. The maximum atomic E-state index is 7.81. The van der Waals surface area contributed by atoms with Gasteiger partial charge >= 0.3 is 0 Å². The second-order valence-corrected chi connectivity index (χ2v) is 8.56. The lowest BCUT2D eigenvalue weighted by molar-refractivity contribution is 0.949. The molecule has 168 valence electrons. The minimum absolute atomic E-state index is 0.630. The molecular formula is C30H33N3. The average Bonchev–Trinajstić information content (AvgIpc) is 3.39. The van der Waals surface area contributed by atoms with Crippen LogP contribution >= 0.6 is 0 Å². The molecule has 0 radical (unpaired) electrons. The Hall–Kier alpha value is -3.59. The number of benzene rings is 3. The molecule has 1 aliphatic heterocycles. The molecule has 0 aliphatic carbocycles. The standard InChI is InChI=1S/C30H33N3/c1-3-8-22-11-13-23(14-12-22)30(25-15-16-29(32)26(19-25)21-31)28(4-2)24-9-7-10-27(20-24)33-17-5-6-18-33/h3,7-16,19-21,31H,4-6,17-18,32H2,1-2H3/b8-3+,30-28+,31-21?. The molecule has 1 fully saturated rings. The van der Waals surface area contributed by atoms with Gasteiger partial charge in [-0.1, -0.05) is 61.5 Å². The maximum Gasteiger partial charge on any atom is 0.0403 e. The zero-order valence-corrected chi connectivity index (χ0v) is 19.6. The topological polar surface area (TPSA) is 53.1 Å². The first-order chi connectivity index (χ1) is 16.1. The maximum absolute atomic E-state index is 7.81. The Bertz CT molecular complexity index is 1180. The summed E-state index contributed by atoms with van der Waals surface area (Å²) in [6.07, 6.45) is 8.95. The molecule has 0 spiro atoms. The van der Waals surface area contributed by atoms with E-state index in [9.17, 15) is 0 Å². The number of nitrogens with two attached hydrogens (primary N) is 1. The van der Waals surface area contributed by atoms with Gasteiger partial charge in [-0.05, 0) is 83.9 Å². The quantitative estimate of drug-likeness (QED) is 0.233. The van der Waals surface area contributed by atoms with Crippen LogP contribution in [0.2, 0.25) is 0 Å². The number of hydrogen-bond donors (Lipinski definition) is 2. The van der Waals surface area contributed by atoms with Gasteiger partial charge < -0.3 is 16.0 Å². The molecule has 3 nitrogen and oxygen atoms in total. The van der Waals surface area contributed by atoms with Crippen LogP contribution in [-0.2, 0) is 0 Å². The molecule has 3 N–H and O–H groups in total. The summed E-state index contributed by atoms with van der Waals surface area (Å²) in [7, 11) is 0. The fourth-order valence-electron chi connectivity index (χ4n) is 4.71. The van der Waals surface area contributed by atoms with Crippen molar-refractivity contribution < 1.29 is 0 Å². The number of anilines is 2. The van der Waals surface area contributed by atoms with Gasteiger partial charge in [0.2, 0.25) is 0 Å². The van der Waals surface area contributed by atoms with Crippen molar-refractivity contribution in [3.8, 4) is 0 Å². The third-order valence-electron chi connectivity index (χ3n) is 6.41. The van der Waals surface area contributed by atoms with Crippen molar-refractivity contribution >= 4 is 34.8 Å². The predicted octanol–water partition coefficient (Wildman–Crippen LogP) is 7.27. The third-order valence-corrected chi connectivity index (χ3v) is 6.41. The highest BCUT2D eigenvalue weighted by Gasteiger charge is 2.17. The van der Waals surface area contributed by atoms with Crippen molar-refractivity contribution in [2.24, 2.45) is 0 Å². The monoisotopic (exact) mass is 435 g/mol. The number of hydrogen-bond acceptors (Lipinski definition) is 3. The van der Waals surface area contributed by atoms with Crippen molar-refractivity contribution in [3.63, 3.8) is 0 Å². The molecule has 0 aromatic heterocycles. The zero-order chi connectivity index (χ0) is 23.2. The fourth-order valence-corrected chi connectivity index (χ4v) is 4.71. The highest BCUT2D eigenvalue weighted by Crippen LogP contribution is 2.37. The number of nitrogens with zero attached hydrogens (tertiary/aromatic N) is 1. The summed E-state index contributed by atoms with van der Waals surface area (Å²) in [5, 5.41) is 7.81. The molecule has 1 saturated heterocycles. The number of rotatable bonds is 7. The molecule has 0 unspecified atom stereocenters. The predicted molar refractivity (Wildman–Crippen MR) is 144 cm³/mol. The molecule has 33 heavy (non-hydrogen) atoms. The minimum atomic E-state index is 0.630. The first-order valence-corrected chi connectivity index (χ1v) is 11.9. The van der Waals surface area contributed by atoms with Crippen LogP contribution < -0.4 is 10.6 Å². The van der Waals surface area contributed by atoms with Crippen molar-refractivity contribution in [1.82, 2.24) is 0 Å². The molecule has 1 aliphatic rings. The Balaban J connectivity index is 1.91. The Labute approximate surface area is 197 Å². The summed E-state index contributed by atoms with van der Waals surface area (Å²) < 4.78 is 0. The van der Waals surface area contributed by atoms with Crippen LogP contribution in [0, 0.1) is 5.41 Å².